The van der Waals surface area contributed by atoms with Crippen molar-refractivity contribution in [1.82, 2.24) is 9.58 Å². The van der Waals surface area contributed by atoms with Crippen LogP contribution in [0.1, 0.15) is 24.3 Å². The highest BCUT2D eigenvalue weighted by atomic mass is 35.5. The highest BCUT2D eigenvalue weighted by Crippen LogP contribution is 2.38. The topological polar surface area (TPSA) is 46.8 Å². The van der Waals surface area contributed by atoms with Crippen molar-refractivity contribution in [3.63, 3.8) is 0 Å². The normalized spacial score (nSPS) is 16.2. The van der Waals surface area contributed by atoms with E-state index >= 15 is 0 Å². The van der Waals surface area contributed by atoms with Crippen molar-refractivity contribution in [2.24, 2.45) is 5.10 Å². The highest BCUT2D eigenvalue weighted by Gasteiger charge is 2.35. The first-order valence-electron chi connectivity index (χ1n) is 8.27. The van der Waals surface area contributed by atoms with E-state index in [1.807, 2.05) is 53.4 Å². The molecule has 0 bridgehead atoms. The van der Waals surface area contributed by atoms with Gasteiger partial charge in [0, 0.05) is 30.6 Å². The number of rotatable bonds is 3. The Labute approximate surface area is 166 Å². The molecule has 1 aliphatic rings. The number of hydrogen-bond acceptors (Lipinski definition) is 3. The van der Waals surface area contributed by atoms with Crippen LogP contribution in [-0.4, -0.2) is 21.4 Å². The summed E-state index contributed by atoms with van der Waals surface area (Å²) in [6.07, 6.45) is 3.12. The Morgan fingerprint density at radius 2 is 1.63 bits per heavy atom. The zero-order chi connectivity index (χ0) is 19.0. The molecule has 0 saturated carbocycles. The molecule has 3 aromatic rings. The molecule has 27 heavy (non-hydrogen) atoms. The fourth-order valence-corrected chi connectivity index (χ4v) is 3.49. The minimum atomic E-state index is -0.803. The molecule has 0 spiro atoms. The number of ether oxygens (including phenoxy) is 1. The largest absolute Gasteiger partial charge is 0.446 e. The van der Waals surface area contributed by atoms with Crippen LogP contribution in [0.25, 0.3) is 5.69 Å². The van der Waals surface area contributed by atoms with Crippen LogP contribution in [0.2, 0.25) is 10.0 Å². The molecule has 2 aromatic carbocycles. The monoisotopic (exact) mass is 399 g/mol. The molecule has 1 aromatic heterocycles. The molecule has 1 amide bonds. The number of hydrazone groups is 1. The lowest BCUT2D eigenvalue weighted by molar-refractivity contribution is -0.135. The molecular weight excluding hydrogens is 385 g/mol. The Balaban J connectivity index is 1.66. The van der Waals surface area contributed by atoms with E-state index in [1.54, 1.807) is 18.2 Å². The molecule has 1 unspecified atom stereocenters. The Hall–Kier alpha value is -2.76. The molecule has 2 heterocycles. The van der Waals surface area contributed by atoms with Gasteiger partial charge in [0.15, 0.2) is 0 Å². The molecule has 0 radical (unpaired) electrons. The summed E-state index contributed by atoms with van der Waals surface area (Å²) in [5, 5.41) is 6.43. The summed E-state index contributed by atoms with van der Waals surface area (Å²) in [6.45, 7) is 1.42. The van der Waals surface area contributed by atoms with E-state index in [9.17, 15) is 4.79 Å². The van der Waals surface area contributed by atoms with Crippen LogP contribution in [0.4, 0.5) is 0 Å². The second kappa shape index (κ2) is 7.10. The van der Waals surface area contributed by atoms with Gasteiger partial charge < -0.3 is 9.30 Å². The maximum absolute atomic E-state index is 12.1. The number of amides is 1. The van der Waals surface area contributed by atoms with Crippen LogP contribution >= 0.6 is 23.2 Å². The molecule has 4 rings (SSSR count). The van der Waals surface area contributed by atoms with Crippen LogP contribution in [0, 0.1) is 0 Å². The van der Waals surface area contributed by atoms with Gasteiger partial charge in [-0.05, 0) is 48.5 Å². The molecule has 1 aliphatic heterocycles. The van der Waals surface area contributed by atoms with Gasteiger partial charge in [0.2, 0.25) is 18.0 Å². The molecule has 136 valence electrons. The third kappa shape index (κ3) is 3.31. The summed E-state index contributed by atoms with van der Waals surface area (Å²) in [5.74, 6) is 0.0696. The Morgan fingerprint density at radius 3 is 2.22 bits per heavy atom. The smallest absolute Gasteiger partial charge is 0.243 e. The van der Waals surface area contributed by atoms with E-state index in [2.05, 4.69) is 5.10 Å². The molecule has 0 fully saturated rings. The number of benzene rings is 2. The first-order chi connectivity index (χ1) is 13.0. The van der Waals surface area contributed by atoms with Gasteiger partial charge in [0.25, 0.3) is 0 Å². The summed E-state index contributed by atoms with van der Waals surface area (Å²) in [6, 6.07) is 16.8. The van der Waals surface area contributed by atoms with Crippen molar-refractivity contribution >= 4 is 35.0 Å². The second-order valence-electron chi connectivity index (χ2n) is 6.01. The SMILES string of the molecule is CC(=O)N1N=C(c2ccc(-n3cccc3)cc2)OC1c1c(Cl)cccc1Cl. The van der Waals surface area contributed by atoms with Gasteiger partial charge in [-0.15, -0.1) is 5.10 Å². The lowest BCUT2D eigenvalue weighted by Gasteiger charge is -2.21. The summed E-state index contributed by atoms with van der Waals surface area (Å²) in [7, 11) is 0. The predicted molar refractivity (Wildman–Crippen MR) is 105 cm³/mol. The van der Waals surface area contributed by atoms with Gasteiger partial charge in [0.1, 0.15) is 0 Å². The Kier molecular flexibility index (Phi) is 4.64. The molecule has 0 N–H and O–H groups in total. The second-order valence-corrected chi connectivity index (χ2v) is 6.83. The molecule has 0 saturated heterocycles. The van der Waals surface area contributed by atoms with E-state index in [0.29, 0.717) is 21.5 Å². The first-order valence-corrected chi connectivity index (χ1v) is 9.03. The van der Waals surface area contributed by atoms with Crippen LogP contribution in [0.3, 0.4) is 0 Å². The van der Waals surface area contributed by atoms with Crippen molar-refractivity contribution < 1.29 is 9.53 Å². The van der Waals surface area contributed by atoms with Crippen LogP contribution in [-0.2, 0) is 9.53 Å². The number of hydrogen-bond donors (Lipinski definition) is 0. The number of carbonyl (C=O) groups excluding carboxylic acids is 1. The average molecular weight is 400 g/mol. The summed E-state index contributed by atoms with van der Waals surface area (Å²) in [5.41, 5.74) is 2.28. The van der Waals surface area contributed by atoms with E-state index < -0.39 is 6.23 Å². The Bertz CT molecular complexity index is 994. The summed E-state index contributed by atoms with van der Waals surface area (Å²) >= 11 is 12.6. The quantitative estimate of drug-likeness (QED) is 0.620. The van der Waals surface area contributed by atoms with Gasteiger partial charge in [-0.3, -0.25) is 4.79 Å². The van der Waals surface area contributed by atoms with Crippen LogP contribution in [0.5, 0.6) is 0 Å². The maximum atomic E-state index is 12.1. The lowest BCUT2D eigenvalue weighted by atomic mass is 10.2. The number of carbonyl (C=O) groups is 1. The van der Waals surface area contributed by atoms with E-state index in [1.165, 1.54) is 11.9 Å². The zero-order valence-electron chi connectivity index (χ0n) is 14.3. The van der Waals surface area contributed by atoms with Crippen molar-refractivity contribution in [2.45, 2.75) is 13.2 Å². The van der Waals surface area contributed by atoms with Gasteiger partial charge in [-0.2, -0.15) is 5.01 Å². The Morgan fingerprint density at radius 1 is 1.00 bits per heavy atom. The molecule has 5 nitrogen and oxygen atoms in total. The summed E-state index contributed by atoms with van der Waals surface area (Å²) < 4.78 is 7.97. The van der Waals surface area contributed by atoms with Crippen LogP contribution in [0.15, 0.2) is 72.1 Å². The van der Waals surface area contributed by atoms with Gasteiger partial charge in [0.05, 0.1) is 15.6 Å². The van der Waals surface area contributed by atoms with Gasteiger partial charge in [-0.25, -0.2) is 0 Å². The highest BCUT2D eigenvalue weighted by molar-refractivity contribution is 6.36. The molecule has 1 atom stereocenters. The first kappa shape index (κ1) is 17.6. The number of nitrogens with zero attached hydrogens (tertiary/aromatic N) is 3. The van der Waals surface area contributed by atoms with Crippen molar-refractivity contribution in [1.29, 1.82) is 0 Å². The third-order valence-corrected chi connectivity index (χ3v) is 4.89. The fourth-order valence-electron chi connectivity index (χ4n) is 2.90. The minimum absolute atomic E-state index is 0.269. The average Bonchev–Trinajstić information content (AvgIpc) is 3.32. The van der Waals surface area contributed by atoms with Gasteiger partial charge >= 0.3 is 0 Å². The van der Waals surface area contributed by atoms with Crippen molar-refractivity contribution in [2.75, 3.05) is 0 Å². The van der Waals surface area contributed by atoms with Crippen LogP contribution < -0.4 is 0 Å². The number of halogens is 2. The van der Waals surface area contributed by atoms with E-state index in [0.717, 1.165) is 11.3 Å². The standard InChI is InChI=1S/C20H15Cl2N3O2/c1-13(26)25-20(18-16(21)5-4-6-17(18)22)27-19(23-25)14-7-9-15(10-8-14)24-11-2-3-12-24/h2-12,20H,1H3. The predicted octanol–water partition coefficient (Wildman–Crippen LogP) is 5.02. The molecule has 0 aliphatic carbocycles. The fraction of sp³-hybridized carbons (Fsp3) is 0.100. The van der Waals surface area contributed by atoms with Gasteiger partial charge in [-0.1, -0.05) is 29.3 Å². The minimum Gasteiger partial charge on any atom is -0.446 e. The maximum Gasteiger partial charge on any atom is 0.243 e. The van der Waals surface area contributed by atoms with E-state index in [4.69, 9.17) is 27.9 Å². The van der Waals surface area contributed by atoms with Crippen molar-refractivity contribution in [3.8, 4) is 5.69 Å². The van der Waals surface area contributed by atoms with E-state index in [-0.39, 0.29) is 5.91 Å². The molecule has 7 heteroatoms. The van der Waals surface area contributed by atoms with Crippen molar-refractivity contribution in [3.05, 3.63) is 88.2 Å². The molecular formula is C20H15Cl2N3O2. The zero-order valence-corrected chi connectivity index (χ0v) is 15.9. The third-order valence-electron chi connectivity index (χ3n) is 4.23. The lowest BCUT2D eigenvalue weighted by Crippen LogP contribution is -2.25. The number of aromatic nitrogens is 1. The summed E-state index contributed by atoms with van der Waals surface area (Å²) in [4.78, 5) is 12.1.